The summed E-state index contributed by atoms with van der Waals surface area (Å²) in [6, 6.07) is 9.67. The number of benzene rings is 2. The number of rotatable bonds is 5. The lowest BCUT2D eigenvalue weighted by Gasteiger charge is -2.19. The molecule has 10 nitrogen and oxygen atoms in total. The van der Waals surface area contributed by atoms with Crippen molar-refractivity contribution >= 4 is 28.4 Å². The molecule has 1 fully saturated rings. The fourth-order valence-electron chi connectivity index (χ4n) is 4.55. The molecule has 2 aromatic carbocycles. The molecule has 6 rings (SSSR count). The van der Waals surface area contributed by atoms with Crippen molar-refractivity contribution in [1.29, 1.82) is 0 Å². The number of epoxide rings is 1. The van der Waals surface area contributed by atoms with E-state index in [0.29, 0.717) is 17.8 Å². The van der Waals surface area contributed by atoms with Crippen LogP contribution in [0.5, 0.6) is 0 Å². The number of anilines is 1. The van der Waals surface area contributed by atoms with E-state index in [4.69, 9.17) is 16.2 Å². The van der Waals surface area contributed by atoms with Gasteiger partial charge in [-0.15, -0.1) is 0 Å². The number of primary amides is 1. The van der Waals surface area contributed by atoms with Gasteiger partial charge < -0.3 is 21.1 Å². The summed E-state index contributed by atoms with van der Waals surface area (Å²) >= 11 is 0. The third-order valence-corrected chi connectivity index (χ3v) is 6.44. The second-order valence-corrected chi connectivity index (χ2v) is 8.60. The molecule has 1 saturated heterocycles. The zero-order chi connectivity index (χ0) is 22.9. The number of ether oxygens (including phenoxy) is 1. The fraction of sp³-hybridized carbons (Fsp3) is 0.217. The second-order valence-electron chi connectivity index (χ2n) is 8.60. The van der Waals surface area contributed by atoms with Crippen LogP contribution in [-0.4, -0.2) is 55.4 Å². The first-order valence-electron chi connectivity index (χ1n) is 10.5. The minimum absolute atomic E-state index is 0.112. The van der Waals surface area contributed by atoms with Gasteiger partial charge >= 0.3 is 0 Å². The molecule has 0 bridgehead atoms. The Labute approximate surface area is 188 Å². The Morgan fingerprint density at radius 2 is 2.09 bits per heavy atom. The van der Waals surface area contributed by atoms with Crippen LogP contribution in [-0.2, 0) is 23.1 Å². The van der Waals surface area contributed by atoms with Crippen LogP contribution in [0.4, 0.5) is 5.69 Å². The number of carbonyl (C=O) groups excluding carboxylic acids is 2. The van der Waals surface area contributed by atoms with Crippen LogP contribution < -0.4 is 11.5 Å². The lowest BCUT2D eigenvalue weighted by molar-refractivity contribution is -0.123. The van der Waals surface area contributed by atoms with E-state index >= 15 is 0 Å². The Bertz CT molecular complexity index is 1460. The van der Waals surface area contributed by atoms with Crippen molar-refractivity contribution in [2.75, 3.05) is 18.9 Å². The lowest BCUT2D eigenvalue weighted by Crippen LogP contribution is -2.43. The summed E-state index contributed by atoms with van der Waals surface area (Å²) in [6.07, 6.45) is 3.68. The highest BCUT2D eigenvalue weighted by atomic mass is 16.6. The number of nitrogens with two attached hydrogens (primary N) is 2. The van der Waals surface area contributed by atoms with Crippen LogP contribution in [0, 0.1) is 0 Å². The SMILES string of the molecule is Cn1cc(-c2n[nH]c3ccc(-c4ccc(N)c5c4CN(CC4(C(N)=O)CO4)C5=O)cc23)cn1. The highest BCUT2D eigenvalue weighted by Crippen LogP contribution is 2.39. The zero-order valence-electron chi connectivity index (χ0n) is 17.8. The molecular formula is C23H21N7O3. The monoisotopic (exact) mass is 443 g/mol. The Morgan fingerprint density at radius 1 is 1.27 bits per heavy atom. The van der Waals surface area contributed by atoms with E-state index in [9.17, 15) is 9.59 Å². The summed E-state index contributed by atoms with van der Waals surface area (Å²) in [4.78, 5) is 26.5. The Morgan fingerprint density at radius 3 is 2.79 bits per heavy atom. The lowest BCUT2D eigenvalue weighted by atomic mass is 9.94. The number of fused-ring (bicyclic) bond motifs is 2. The van der Waals surface area contributed by atoms with Gasteiger partial charge in [-0.1, -0.05) is 12.1 Å². The van der Waals surface area contributed by atoms with Crippen LogP contribution in [0.15, 0.2) is 42.7 Å². The number of aromatic amines is 1. The first-order valence-corrected chi connectivity index (χ1v) is 10.5. The quantitative estimate of drug-likeness (QED) is 0.314. The summed E-state index contributed by atoms with van der Waals surface area (Å²) in [5.41, 5.74) is 16.7. The topological polar surface area (TPSA) is 148 Å². The number of aromatic nitrogens is 4. The molecular weight excluding hydrogens is 422 g/mol. The van der Waals surface area contributed by atoms with E-state index in [1.165, 1.54) is 0 Å². The first-order chi connectivity index (χ1) is 15.9. The van der Waals surface area contributed by atoms with Gasteiger partial charge in [0.1, 0.15) is 5.69 Å². The van der Waals surface area contributed by atoms with E-state index < -0.39 is 11.5 Å². The maximum atomic E-state index is 13.2. The summed E-state index contributed by atoms with van der Waals surface area (Å²) in [5, 5.41) is 12.7. The van der Waals surface area contributed by atoms with Gasteiger partial charge in [0.15, 0.2) is 5.60 Å². The van der Waals surface area contributed by atoms with E-state index in [0.717, 1.165) is 38.9 Å². The Kier molecular flexibility index (Phi) is 3.93. The average Bonchev–Trinajstić information content (AvgIpc) is 3.09. The van der Waals surface area contributed by atoms with E-state index in [2.05, 4.69) is 21.4 Å². The van der Waals surface area contributed by atoms with Crippen molar-refractivity contribution in [3.05, 3.63) is 53.9 Å². The summed E-state index contributed by atoms with van der Waals surface area (Å²) in [6.45, 7) is 0.658. The predicted molar refractivity (Wildman–Crippen MR) is 121 cm³/mol. The molecule has 166 valence electrons. The zero-order valence-corrected chi connectivity index (χ0v) is 17.8. The van der Waals surface area contributed by atoms with Crippen LogP contribution in [0.3, 0.4) is 0 Å². The maximum absolute atomic E-state index is 13.2. The molecule has 1 unspecified atom stereocenters. The Balaban J connectivity index is 1.42. The van der Waals surface area contributed by atoms with Crippen molar-refractivity contribution in [2.24, 2.45) is 12.8 Å². The molecule has 0 saturated carbocycles. The van der Waals surface area contributed by atoms with Gasteiger partial charge in [0, 0.05) is 36.4 Å². The summed E-state index contributed by atoms with van der Waals surface area (Å²) < 4.78 is 7.02. The molecule has 2 aromatic heterocycles. The minimum Gasteiger partial charge on any atom is -0.398 e. The number of carbonyl (C=O) groups is 2. The smallest absolute Gasteiger partial charge is 0.256 e. The van der Waals surface area contributed by atoms with Gasteiger partial charge in [-0.3, -0.25) is 19.4 Å². The summed E-state index contributed by atoms with van der Waals surface area (Å²) in [5.74, 6) is -0.784. The number of amides is 2. The number of nitrogens with one attached hydrogen (secondary N) is 1. The van der Waals surface area contributed by atoms with Crippen LogP contribution >= 0.6 is 0 Å². The number of nitrogen functional groups attached to an aromatic ring is 1. The number of hydrogen-bond donors (Lipinski definition) is 3. The Hall–Kier alpha value is -4.18. The normalized spacial score (nSPS) is 19.3. The molecule has 2 amide bonds. The van der Waals surface area contributed by atoms with Gasteiger partial charge in [-0.2, -0.15) is 10.2 Å². The maximum Gasteiger partial charge on any atom is 0.256 e. The standard InChI is InChI=1S/C23H21N7O3/c1-29-8-13(7-26-29)20-15-6-12(2-5-18(15)27-28-20)14-3-4-17(24)19-16(14)9-30(21(19)31)10-23(11-33-23)22(25)32/h2-8H,9-11,24H2,1H3,(H2,25,32)(H,27,28). The fourth-order valence-corrected chi connectivity index (χ4v) is 4.55. The number of hydrogen-bond acceptors (Lipinski definition) is 6. The minimum atomic E-state index is -1.10. The van der Waals surface area contributed by atoms with E-state index in [1.807, 2.05) is 31.4 Å². The predicted octanol–water partition coefficient (Wildman–Crippen LogP) is 1.42. The van der Waals surface area contributed by atoms with Gasteiger partial charge in [0.2, 0.25) is 0 Å². The highest BCUT2D eigenvalue weighted by molar-refractivity contribution is 6.06. The number of aryl methyl sites for hydroxylation is 1. The van der Waals surface area contributed by atoms with E-state index in [1.54, 1.807) is 21.8 Å². The molecule has 0 radical (unpaired) electrons. The van der Waals surface area contributed by atoms with Crippen molar-refractivity contribution in [2.45, 2.75) is 12.1 Å². The van der Waals surface area contributed by atoms with Crippen molar-refractivity contribution < 1.29 is 14.3 Å². The average molecular weight is 443 g/mol. The van der Waals surface area contributed by atoms with Gasteiger partial charge in [-0.05, 0) is 34.9 Å². The van der Waals surface area contributed by atoms with Gasteiger partial charge in [0.25, 0.3) is 11.8 Å². The highest BCUT2D eigenvalue weighted by Gasteiger charge is 2.53. The molecule has 0 aliphatic carbocycles. The van der Waals surface area contributed by atoms with Crippen molar-refractivity contribution in [3.63, 3.8) is 0 Å². The molecule has 33 heavy (non-hydrogen) atoms. The summed E-state index contributed by atoms with van der Waals surface area (Å²) in [7, 11) is 1.86. The second kappa shape index (κ2) is 6.66. The molecule has 10 heteroatoms. The van der Waals surface area contributed by atoms with Crippen LogP contribution in [0.2, 0.25) is 0 Å². The molecule has 5 N–H and O–H groups in total. The third kappa shape index (κ3) is 2.91. The van der Waals surface area contributed by atoms with Crippen LogP contribution in [0.25, 0.3) is 33.3 Å². The largest absolute Gasteiger partial charge is 0.398 e. The van der Waals surface area contributed by atoms with Crippen molar-refractivity contribution in [1.82, 2.24) is 24.9 Å². The molecule has 4 aromatic rings. The molecule has 0 spiro atoms. The molecule has 2 aliphatic heterocycles. The van der Waals surface area contributed by atoms with E-state index in [-0.39, 0.29) is 19.1 Å². The van der Waals surface area contributed by atoms with Crippen LogP contribution in [0.1, 0.15) is 15.9 Å². The van der Waals surface area contributed by atoms with Crippen molar-refractivity contribution in [3.8, 4) is 22.4 Å². The number of H-pyrrole nitrogens is 1. The van der Waals surface area contributed by atoms with Gasteiger partial charge in [0.05, 0.1) is 30.4 Å². The number of nitrogens with zero attached hydrogens (tertiary/aromatic N) is 4. The molecule has 1 atom stereocenters. The van der Waals surface area contributed by atoms with Gasteiger partial charge in [-0.25, -0.2) is 0 Å². The first kappa shape index (κ1) is 19.5. The third-order valence-electron chi connectivity index (χ3n) is 6.44. The molecule has 2 aliphatic rings. The molecule has 4 heterocycles.